The van der Waals surface area contributed by atoms with Crippen LogP contribution in [0.25, 0.3) is 0 Å². The Morgan fingerprint density at radius 2 is 1.87 bits per heavy atom. The van der Waals surface area contributed by atoms with Crippen LogP contribution in [0.2, 0.25) is 0 Å². The van der Waals surface area contributed by atoms with E-state index < -0.39 is 29.1 Å². The van der Waals surface area contributed by atoms with Crippen molar-refractivity contribution in [2.24, 2.45) is 0 Å². The number of amides is 1. The van der Waals surface area contributed by atoms with Crippen molar-refractivity contribution in [2.45, 2.75) is 6.42 Å². The van der Waals surface area contributed by atoms with E-state index in [9.17, 15) is 19.7 Å². The van der Waals surface area contributed by atoms with Crippen LogP contribution in [0, 0.1) is 10.1 Å². The Morgan fingerprint density at radius 1 is 1.17 bits per heavy atom. The molecule has 158 valence electrons. The van der Waals surface area contributed by atoms with Gasteiger partial charge in [0.1, 0.15) is 24.5 Å². The summed E-state index contributed by atoms with van der Waals surface area (Å²) in [5.74, 6) is -0.431. The van der Waals surface area contributed by atoms with Crippen LogP contribution in [0.3, 0.4) is 0 Å². The van der Waals surface area contributed by atoms with E-state index in [0.717, 1.165) is 11.6 Å². The van der Waals surface area contributed by atoms with Crippen molar-refractivity contribution in [1.82, 2.24) is 5.32 Å². The predicted octanol–water partition coefficient (Wildman–Crippen LogP) is 1.89. The van der Waals surface area contributed by atoms with Gasteiger partial charge in [-0.3, -0.25) is 14.9 Å². The van der Waals surface area contributed by atoms with Gasteiger partial charge >= 0.3 is 5.97 Å². The van der Waals surface area contributed by atoms with Gasteiger partial charge in [-0.1, -0.05) is 18.2 Å². The minimum atomic E-state index is -1.00. The molecular formula is C20H20N2O8. The first kappa shape index (κ1) is 20.9. The maximum Gasteiger partial charge on any atom is 0.345 e. The average molecular weight is 416 g/mol. The number of benzene rings is 2. The summed E-state index contributed by atoms with van der Waals surface area (Å²) in [5, 5.41) is 13.9. The smallest absolute Gasteiger partial charge is 0.345 e. The number of nitrogens with one attached hydrogen (secondary N) is 1. The van der Waals surface area contributed by atoms with Gasteiger partial charge in [0.05, 0.1) is 18.1 Å². The number of hydrogen-bond acceptors (Lipinski definition) is 8. The van der Waals surface area contributed by atoms with Gasteiger partial charge in [0.25, 0.3) is 11.6 Å². The maximum atomic E-state index is 12.3. The van der Waals surface area contributed by atoms with E-state index in [4.69, 9.17) is 18.9 Å². The van der Waals surface area contributed by atoms with E-state index in [1.165, 1.54) is 6.07 Å². The fraction of sp³-hybridized carbons (Fsp3) is 0.300. The lowest BCUT2D eigenvalue weighted by molar-refractivity contribution is -0.385. The molecule has 10 heteroatoms. The van der Waals surface area contributed by atoms with Crippen molar-refractivity contribution in [2.75, 3.05) is 33.5 Å². The number of esters is 1. The second-order valence-electron chi connectivity index (χ2n) is 6.26. The third-order valence-electron chi connectivity index (χ3n) is 4.32. The number of hydrogen-bond donors (Lipinski definition) is 1. The molecule has 1 aliphatic heterocycles. The number of para-hydroxylation sites is 1. The van der Waals surface area contributed by atoms with E-state index in [0.29, 0.717) is 18.7 Å². The summed E-state index contributed by atoms with van der Waals surface area (Å²) >= 11 is 0. The number of carbonyl (C=O) groups is 2. The van der Waals surface area contributed by atoms with Crippen LogP contribution < -0.4 is 19.5 Å². The molecule has 2 aromatic rings. The first-order chi connectivity index (χ1) is 14.5. The van der Waals surface area contributed by atoms with Crippen LogP contribution in [-0.2, 0) is 16.0 Å². The quantitative estimate of drug-likeness (QED) is 0.393. The van der Waals surface area contributed by atoms with Crippen LogP contribution in [0.15, 0.2) is 36.4 Å². The lowest BCUT2D eigenvalue weighted by atomic mass is 10.1. The highest BCUT2D eigenvalue weighted by molar-refractivity contribution is 5.96. The van der Waals surface area contributed by atoms with Gasteiger partial charge < -0.3 is 24.3 Å². The van der Waals surface area contributed by atoms with E-state index in [1.54, 1.807) is 7.11 Å². The van der Waals surface area contributed by atoms with E-state index in [2.05, 4.69) is 5.32 Å². The largest absolute Gasteiger partial charge is 0.496 e. The molecule has 0 aliphatic carbocycles. The summed E-state index contributed by atoms with van der Waals surface area (Å²) in [4.78, 5) is 34.9. The highest BCUT2D eigenvalue weighted by atomic mass is 16.6. The molecule has 0 radical (unpaired) electrons. The molecule has 0 saturated carbocycles. The Hall–Kier alpha value is -3.82. The van der Waals surface area contributed by atoms with E-state index in [-0.39, 0.29) is 30.3 Å². The van der Waals surface area contributed by atoms with Crippen molar-refractivity contribution in [1.29, 1.82) is 0 Å². The van der Waals surface area contributed by atoms with E-state index in [1.807, 2.05) is 24.3 Å². The summed E-state index contributed by atoms with van der Waals surface area (Å²) in [7, 11) is 1.56. The second kappa shape index (κ2) is 9.59. The summed E-state index contributed by atoms with van der Waals surface area (Å²) in [6.07, 6.45) is 0.525. The zero-order valence-electron chi connectivity index (χ0n) is 16.2. The van der Waals surface area contributed by atoms with Gasteiger partial charge in [0.2, 0.25) is 0 Å². The molecule has 1 aliphatic rings. The number of nitro groups is 1. The Labute approximate surface area is 171 Å². The second-order valence-corrected chi connectivity index (χ2v) is 6.26. The Bertz CT molecular complexity index is 960. The SMILES string of the molecule is COc1ccccc1CCNC(=O)COC(=O)c1cc2c(cc1[N+](=O)[O-])OCCO2. The number of rotatable bonds is 8. The summed E-state index contributed by atoms with van der Waals surface area (Å²) in [6, 6.07) is 9.71. The molecule has 0 fully saturated rings. The molecule has 0 spiro atoms. The highest BCUT2D eigenvalue weighted by Gasteiger charge is 2.27. The van der Waals surface area contributed by atoms with Crippen LogP contribution in [0.1, 0.15) is 15.9 Å². The summed E-state index contributed by atoms with van der Waals surface area (Å²) in [5.41, 5.74) is 0.121. The van der Waals surface area contributed by atoms with Crippen LogP contribution in [0.4, 0.5) is 5.69 Å². The minimum absolute atomic E-state index is 0.179. The highest BCUT2D eigenvalue weighted by Crippen LogP contribution is 2.36. The maximum absolute atomic E-state index is 12.3. The zero-order chi connectivity index (χ0) is 21.5. The van der Waals surface area contributed by atoms with Crippen LogP contribution in [-0.4, -0.2) is 50.3 Å². The fourth-order valence-electron chi connectivity index (χ4n) is 2.90. The molecule has 1 amide bonds. The predicted molar refractivity (Wildman–Crippen MR) is 104 cm³/mol. The number of fused-ring (bicyclic) bond motifs is 1. The monoisotopic (exact) mass is 416 g/mol. The molecule has 0 saturated heterocycles. The van der Waals surface area contributed by atoms with Crippen molar-refractivity contribution in [3.05, 3.63) is 57.6 Å². The molecule has 3 rings (SSSR count). The number of carbonyl (C=O) groups excluding carboxylic acids is 2. The molecule has 0 bridgehead atoms. The standard InChI is InChI=1S/C20H20N2O8/c1-27-16-5-3-2-4-13(16)6-7-21-19(23)12-30-20(24)14-10-17-18(29-9-8-28-17)11-15(14)22(25)26/h2-5,10-11H,6-9,12H2,1H3,(H,21,23). The van der Waals surface area contributed by atoms with Crippen LogP contribution in [0.5, 0.6) is 17.2 Å². The third kappa shape index (κ3) is 4.96. The molecular weight excluding hydrogens is 396 g/mol. The van der Waals surface area contributed by atoms with Gasteiger partial charge in [-0.25, -0.2) is 4.79 Å². The van der Waals surface area contributed by atoms with Gasteiger partial charge in [-0.2, -0.15) is 0 Å². The molecule has 10 nitrogen and oxygen atoms in total. The molecule has 1 N–H and O–H groups in total. The zero-order valence-corrected chi connectivity index (χ0v) is 16.2. The normalized spacial score (nSPS) is 12.0. The topological polar surface area (TPSA) is 126 Å². The average Bonchev–Trinajstić information content (AvgIpc) is 2.76. The lowest BCUT2D eigenvalue weighted by Gasteiger charge is -2.18. The van der Waals surface area contributed by atoms with Crippen molar-refractivity contribution in [3.8, 4) is 17.2 Å². The lowest BCUT2D eigenvalue weighted by Crippen LogP contribution is -2.30. The summed E-state index contributed by atoms with van der Waals surface area (Å²) < 4.78 is 20.8. The van der Waals surface area contributed by atoms with Gasteiger partial charge in [0, 0.05) is 12.6 Å². The molecule has 0 atom stereocenters. The van der Waals surface area contributed by atoms with E-state index >= 15 is 0 Å². The molecule has 1 heterocycles. The van der Waals surface area contributed by atoms with Crippen molar-refractivity contribution < 1.29 is 33.5 Å². The van der Waals surface area contributed by atoms with Gasteiger partial charge in [-0.15, -0.1) is 0 Å². The molecule has 30 heavy (non-hydrogen) atoms. The van der Waals surface area contributed by atoms with Crippen LogP contribution >= 0.6 is 0 Å². The fourth-order valence-corrected chi connectivity index (χ4v) is 2.90. The molecule has 0 unspecified atom stereocenters. The first-order valence-electron chi connectivity index (χ1n) is 9.13. The minimum Gasteiger partial charge on any atom is -0.496 e. The van der Waals surface area contributed by atoms with Gasteiger partial charge in [-0.05, 0) is 18.1 Å². The first-order valence-corrected chi connectivity index (χ1v) is 9.13. The number of ether oxygens (including phenoxy) is 4. The van der Waals surface area contributed by atoms with Crippen molar-refractivity contribution >= 4 is 17.6 Å². The number of methoxy groups -OCH3 is 1. The number of nitrogens with zero attached hydrogens (tertiary/aromatic N) is 1. The molecule has 2 aromatic carbocycles. The Balaban J connectivity index is 1.56. The summed E-state index contributed by atoms with van der Waals surface area (Å²) in [6.45, 7) is 0.244. The number of nitro benzene ring substituents is 1. The third-order valence-corrected chi connectivity index (χ3v) is 4.32. The van der Waals surface area contributed by atoms with Crippen molar-refractivity contribution in [3.63, 3.8) is 0 Å². The van der Waals surface area contributed by atoms with Gasteiger partial charge in [0.15, 0.2) is 18.1 Å². The Kier molecular flexibility index (Phi) is 6.68. The Morgan fingerprint density at radius 3 is 2.57 bits per heavy atom. The molecule has 0 aromatic heterocycles.